The van der Waals surface area contributed by atoms with Crippen LogP contribution in [0.15, 0.2) is 0 Å². The van der Waals surface area contributed by atoms with Crippen LogP contribution < -0.4 is 20.4 Å². The molecule has 1 aromatic rings. The van der Waals surface area contributed by atoms with Crippen LogP contribution in [0.4, 0.5) is 23.3 Å². The van der Waals surface area contributed by atoms with Crippen molar-refractivity contribution in [3.8, 4) is 0 Å². The van der Waals surface area contributed by atoms with E-state index in [0.717, 1.165) is 51.9 Å². The minimum atomic E-state index is -0.862. The number of nitro groups is 1. The quantitative estimate of drug-likeness (QED) is 0.407. The van der Waals surface area contributed by atoms with Gasteiger partial charge in [0.25, 0.3) is 0 Å². The molecular formula is C18H29N7O3S. The maximum Gasteiger partial charge on any atom is 0.353 e. The van der Waals surface area contributed by atoms with Gasteiger partial charge in [-0.25, -0.2) is 0 Å². The van der Waals surface area contributed by atoms with Gasteiger partial charge in [0.2, 0.25) is 17.6 Å². The summed E-state index contributed by atoms with van der Waals surface area (Å²) in [5.74, 6) is 2.24. The second-order valence-electron chi connectivity index (χ2n) is 7.85. The molecule has 10 nitrogen and oxygen atoms in total. The van der Waals surface area contributed by atoms with Crippen molar-refractivity contribution in [2.75, 3.05) is 65.9 Å². The SMILES string of the molecule is O=[N+]([O-])c1c(NC2CCCCC2)nc(N2CCNCC2)nc1N1CC[S+]([O-])CC1. The summed E-state index contributed by atoms with van der Waals surface area (Å²) >= 11 is -0.862. The van der Waals surface area contributed by atoms with Crippen molar-refractivity contribution in [1.82, 2.24) is 15.3 Å². The summed E-state index contributed by atoms with van der Waals surface area (Å²) in [7, 11) is 0. The maximum atomic E-state index is 12.1. The average molecular weight is 424 g/mol. The molecule has 3 heterocycles. The van der Waals surface area contributed by atoms with Crippen molar-refractivity contribution in [3.63, 3.8) is 0 Å². The van der Waals surface area contributed by atoms with Crippen LogP contribution in [0.3, 0.4) is 0 Å². The van der Waals surface area contributed by atoms with E-state index in [2.05, 4.69) is 25.5 Å². The third kappa shape index (κ3) is 4.84. The zero-order valence-corrected chi connectivity index (χ0v) is 17.5. The zero-order valence-electron chi connectivity index (χ0n) is 16.6. The van der Waals surface area contributed by atoms with Crippen molar-refractivity contribution in [2.24, 2.45) is 0 Å². The molecule has 11 heteroatoms. The number of aromatic nitrogens is 2. The number of anilines is 3. The Hall–Kier alpha value is -1.85. The first-order chi connectivity index (χ1) is 14.1. The molecule has 0 atom stereocenters. The van der Waals surface area contributed by atoms with Crippen LogP contribution >= 0.6 is 0 Å². The molecule has 1 saturated carbocycles. The number of hydrogen-bond acceptors (Lipinski definition) is 9. The second-order valence-corrected chi connectivity index (χ2v) is 9.55. The van der Waals surface area contributed by atoms with Crippen LogP contribution in [0.1, 0.15) is 32.1 Å². The molecule has 2 saturated heterocycles. The number of rotatable bonds is 5. The van der Waals surface area contributed by atoms with Gasteiger partial charge in [-0.2, -0.15) is 9.97 Å². The van der Waals surface area contributed by atoms with Gasteiger partial charge in [-0.15, -0.1) is 0 Å². The van der Waals surface area contributed by atoms with Gasteiger partial charge in [-0.3, -0.25) is 10.1 Å². The molecule has 3 fully saturated rings. The first-order valence-corrected chi connectivity index (χ1v) is 12.0. The monoisotopic (exact) mass is 423 g/mol. The van der Waals surface area contributed by atoms with Crippen LogP contribution in [0.5, 0.6) is 0 Å². The molecule has 0 spiro atoms. The highest BCUT2D eigenvalue weighted by Crippen LogP contribution is 2.37. The smallest absolute Gasteiger partial charge is 0.353 e. The van der Waals surface area contributed by atoms with Gasteiger partial charge in [-0.05, 0) is 12.8 Å². The molecule has 0 bridgehead atoms. The highest BCUT2D eigenvalue weighted by Gasteiger charge is 2.33. The maximum absolute atomic E-state index is 12.1. The van der Waals surface area contributed by atoms with Gasteiger partial charge >= 0.3 is 5.69 Å². The molecule has 0 aromatic carbocycles. The molecule has 4 rings (SSSR count). The summed E-state index contributed by atoms with van der Waals surface area (Å²) in [5, 5.41) is 18.7. The fourth-order valence-corrected chi connectivity index (χ4v) is 5.27. The Labute approximate surface area is 173 Å². The molecule has 0 radical (unpaired) electrons. The highest BCUT2D eigenvalue weighted by molar-refractivity contribution is 7.91. The van der Waals surface area contributed by atoms with Gasteiger partial charge in [0, 0.05) is 32.2 Å². The molecule has 0 amide bonds. The summed E-state index contributed by atoms with van der Waals surface area (Å²) in [6.45, 7) is 4.23. The number of nitrogens with zero attached hydrogens (tertiary/aromatic N) is 5. The minimum absolute atomic E-state index is 0.0536. The lowest BCUT2D eigenvalue weighted by Gasteiger charge is -2.32. The number of nitrogens with one attached hydrogen (secondary N) is 2. The molecule has 2 N–H and O–H groups in total. The Morgan fingerprint density at radius 2 is 1.72 bits per heavy atom. The Kier molecular flexibility index (Phi) is 6.56. The fraction of sp³-hybridized carbons (Fsp3) is 0.778. The van der Waals surface area contributed by atoms with Crippen LogP contribution in [0.25, 0.3) is 0 Å². The third-order valence-corrected chi connectivity index (χ3v) is 7.14. The summed E-state index contributed by atoms with van der Waals surface area (Å²) in [6, 6.07) is 0.204. The number of piperazine rings is 1. The van der Waals surface area contributed by atoms with Crippen LogP contribution in [-0.4, -0.2) is 76.3 Å². The van der Waals surface area contributed by atoms with Crippen LogP contribution in [0.2, 0.25) is 0 Å². The lowest BCUT2D eigenvalue weighted by atomic mass is 9.95. The molecule has 160 valence electrons. The zero-order chi connectivity index (χ0) is 20.2. The molecule has 3 aliphatic rings. The predicted octanol–water partition coefficient (Wildman–Crippen LogP) is 1.11. The average Bonchev–Trinajstić information content (AvgIpc) is 2.75. The van der Waals surface area contributed by atoms with E-state index in [-0.39, 0.29) is 16.7 Å². The summed E-state index contributed by atoms with van der Waals surface area (Å²) in [4.78, 5) is 25.0. The van der Waals surface area contributed by atoms with E-state index >= 15 is 0 Å². The van der Waals surface area contributed by atoms with Crippen molar-refractivity contribution in [1.29, 1.82) is 0 Å². The Morgan fingerprint density at radius 3 is 2.38 bits per heavy atom. The van der Waals surface area contributed by atoms with E-state index in [0.29, 0.717) is 42.2 Å². The molecule has 2 aliphatic heterocycles. The van der Waals surface area contributed by atoms with Crippen molar-refractivity contribution in [2.45, 2.75) is 38.1 Å². The van der Waals surface area contributed by atoms with Crippen molar-refractivity contribution >= 4 is 34.4 Å². The molecule has 29 heavy (non-hydrogen) atoms. The van der Waals surface area contributed by atoms with E-state index in [9.17, 15) is 14.7 Å². The Balaban J connectivity index is 1.71. The van der Waals surface area contributed by atoms with Crippen LogP contribution in [-0.2, 0) is 11.2 Å². The molecule has 1 aromatic heterocycles. The second kappa shape index (κ2) is 9.31. The van der Waals surface area contributed by atoms with E-state index in [1.807, 2.05) is 4.90 Å². The van der Waals surface area contributed by atoms with E-state index in [4.69, 9.17) is 0 Å². The third-order valence-electron chi connectivity index (χ3n) is 5.86. The Morgan fingerprint density at radius 1 is 1.03 bits per heavy atom. The van der Waals surface area contributed by atoms with Gasteiger partial charge in [-0.1, -0.05) is 30.4 Å². The van der Waals surface area contributed by atoms with Crippen LogP contribution in [0, 0.1) is 10.1 Å². The first kappa shape index (κ1) is 20.4. The first-order valence-electron chi connectivity index (χ1n) is 10.5. The van der Waals surface area contributed by atoms with Gasteiger partial charge in [0.05, 0.1) is 18.0 Å². The highest BCUT2D eigenvalue weighted by atomic mass is 32.2. The topological polar surface area (TPSA) is 123 Å². The number of hydrogen-bond donors (Lipinski definition) is 2. The fourth-order valence-electron chi connectivity index (χ4n) is 4.22. The lowest BCUT2D eigenvalue weighted by molar-refractivity contribution is -0.383. The molecule has 1 aliphatic carbocycles. The molecular weight excluding hydrogens is 394 g/mol. The van der Waals surface area contributed by atoms with E-state index in [1.54, 1.807) is 0 Å². The van der Waals surface area contributed by atoms with Crippen molar-refractivity contribution < 1.29 is 9.48 Å². The lowest BCUT2D eigenvalue weighted by Crippen LogP contribution is -2.45. The predicted molar refractivity (Wildman–Crippen MR) is 114 cm³/mol. The largest absolute Gasteiger partial charge is 0.616 e. The van der Waals surface area contributed by atoms with Crippen molar-refractivity contribution in [3.05, 3.63) is 10.1 Å². The minimum Gasteiger partial charge on any atom is -0.616 e. The summed E-state index contributed by atoms with van der Waals surface area (Å²) in [6.07, 6.45) is 5.48. The normalized spacial score (nSPS) is 22.0. The van der Waals surface area contributed by atoms with Gasteiger partial charge in [0.1, 0.15) is 11.5 Å². The standard InChI is InChI=1S/C18H29N7O3S/c26-25(27)15-16(20-14-4-2-1-3-5-14)21-18(24-8-6-19-7-9-24)22-17(15)23-10-12-29(28)13-11-23/h14,19H,1-13H2,(H,20,21,22). The van der Waals surface area contributed by atoms with Gasteiger partial charge < -0.3 is 25.0 Å². The summed E-state index contributed by atoms with van der Waals surface area (Å²) < 4.78 is 11.8. The van der Waals surface area contributed by atoms with Gasteiger partial charge in [0.15, 0.2) is 0 Å². The van der Waals surface area contributed by atoms with E-state index in [1.165, 1.54) is 6.42 Å². The molecule has 0 unspecified atom stereocenters. The summed E-state index contributed by atoms with van der Waals surface area (Å²) in [5.41, 5.74) is -0.0536. The Bertz CT molecular complexity index is 718. The van der Waals surface area contributed by atoms with E-state index < -0.39 is 11.2 Å².